The molecule has 0 aliphatic heterocycles. The fourth-order valence-electron chi connectivity index (χ4n) is 2.25. The van der Waals surface area contributed by atoms with Gasteiger partial charge in [0.15, 0.2) is 12.2 Å². The minimum atomic E-state index is -2.28. The molecule has 0 saturated heterocycles. The molecular formula is C16H31NO7. The van der Waals surface area contributed by atoms with E-state index in [1.165, 1.54) is 25.7 Å². The third kappa shape index (κ3) is 9.17. The van der Waals surface area contributed by atoms with Gasteiger partial charge in [-0.05, 0) is 6.42 Å². The van der Waals surface area contributed by atoms with E-state index in [1.807, 2.05) is 0 Å². The number of carbonyl (C=O) groups is 2. The van der Waals surface area contributed by atoms with Gasteiger partial charge in [-0.25, -0.2) is 4.79 Å². The first-order chi connectivity index (χ1) is 11.3. The van der Waals surface area contributed by atoms with E-state index in [-0.39, 0.29) is 0 Å². The number of carboxylic acid groups (broad SMARTS) is 1. The predicted molar refractivity (Wildman–Crippen MR) is 87.3 cm³/mol. The van der Waals surface area contributed by atoms with E-state index in [0.29, 0.717) is 6.54 Å². The van der Waals surface area contributed by atoms with Crippen LogP contribution in [0.25, 0.3) is 0 Å². The Balaban J connectivity index is 3.88. The van der Waals surface area contributed by atoms with Gasteiger partial charge in [-0.15, -0.1) is 0 Å². The van der Waals surface area contributed by atoms with Crippen molar-refractivity contribution in [2.24, 2.45) is 0 Å². The van der Waals surface area contributed by atoms with E-state index in [1.54, 1.807) is 0 Å². The van der Waals surface area contributed by atoms with Crippen LogP contribution in [-0.4, -0.2) is 68.4 Å². The summed E-state index contributed by atoms with van der Waals surface area (Å²) in [5.41, 5.74) is 0. The number of nitrogens with one attached hydrogen (secondary N) is 1. The zero-order valence-electron chi connectivity index (χ0n) is 14.2. The average Bonchev–Trinajstić information content (AvgIpc) is 2.57. The van der Waals surface area contributed by atoms with Crippen molar-refractivity contribution < 1.29 is 35.1 Å². The largest absolute Gasteiger partial charge is 0.479 e. The van der Waals surface area contributed by atoms with Gasteiger partial charge in [0.25, 0.3) is 5.91 Å². The van der Waals surface area contributed by atoms with Crippen molar-refractivity contribution in [3.05, 3.63) is 0 Å². The molecule has 4 atom stereocenters. The Morgan fingerprint density at radius 2 is 1.25 bits per heavy atom. The zero-order chi connectivity index (χ0) is 18.5. The fourth-order valence-corrected chi connectivity index (χ4v) is 2.25. The third-order valence-corrected chi connectivity index (χ3v) is 3.85. The number of aliphatic carboxylic acids is 1. The molecule has 0 unspecified atom stereocenters. The number of hydrogen-bond acceptors (Lipinski definition) is 6. The van der Waals surface area contributed by atoms with Crippen LogP contribution >= 0.6 is 0 Å². The first-order valence-corrected chi connectivity index (χ1v) is 8.55. The number of amides is 1. The number of hydrogen-bond donors (Lipinski definition) is 6. The van der Waals surface area contributed by atoms with E-state index in [2.05, 4.69) is 12.2 Å². The molecular weight excluding hydrogens is 318 g/mol. The minimum Gasteiger partial charge on any atom is -0.479 e. The van der Waals surface area contributed by atoms with Crippen molar-refractivity contribution in [1.29, 1.82) is 0 Å². The number of carboxylic acids is 1. The summed E-state index contributed by atoms with van der Waals surface area (Å²) in [5.74, 6) is -2.67. The first-order valence-electron chi connectivity index (χ1n) is 8.55. The molecule has 1 amide bonds. The van der Waals surface area contributed by atoms with Gasteiger partial charge >= 0.3 is 5.97 Å². The van der Waals surface area contributed by atoms with Gasteiger partial charge in [-0.2, -0.15) is 0 Å². The molecule has 24 heavy (non-hydrogen) atoms. The van der Waals surface area contributed by atoms with Crippen LogP contribution < -0.4 is 5.32 Å². The molecule has 0 aliphatic carbocycles. The number of aliphatic hydroxyl groups excluding tert-OH is 4. The molecule has 0 aromatic carbocycles. The Hall–Kier alpha value is -1.22. The maximum absolute atomic E-state index is 11.6. The minimum absolute atomic E-state index is 0.315. The molecule has 0 aliphatic rings. The summed E-state index contributed by atoms with van der Waals surface area (Å²) in [6.07, 6.45) is 0.226. The number of rotatable bonds is 14. The van der Waals surface area contributed by atoms with Crippen molar-refractivity contribution >= 4 is 11.9 Å². The summed E-state index contributed by atoms with van der Waals surface area (Å²) in [5, 5.41) is 48.5. The molecule has 0 spiro atoms. The Morgan fingerprint density at radius 3 is 1.75 bits per heavy atom. The summed E-state index contributed by atoms with van der Waals surface area (Å²) in [6, 6.07) is 0. The lowest BCUT2D eigenvalue weighted by molar-refractivity contribution is -0.166. The Bertz CT molecular complexity index is 364. The van der Waals surface area contributed by atoms with Crippen LogP contribution in [0.1, 0.15) is 58.3 Å². The molecule has 8 heteroatoms. The van der Waals surface area contributed by atoms with Crippen molar-refractivity contribution in [1.82, 2.24) is 5.32 Å². The number of aliphatic hydroxyl groups is 4. The standard InChI is InChI=1S/C16H31NO7/c1-2-3-4-5-6-7-8-9-10-17-15(22)13(20)11(18)12(19)14(21)16(23)24/h11-14,18-21H,2-10H2,1H3,(H,17,22)(H,23,24)/t11-,12-,13+,14-/m0/s1. The molecule has 8 nitrogen and oxygen atoms in total. The van der Waals surface area contributed by atoms with Crippen LogP contribution in [0.5, 0.6) is 0 Å². The molecule has 142 valence electrons. The van der Waals surface area contributed by atoms with Crippen molar-refractivity contribution in [2.45, 2.75) is 82.7 Å². The molecule has 0 saturated carbocycles. The Kier molecular flexibility index (Phi) is 12.4. The van der Waals surface area contributed by atoms with Crippen LogP contribution in [0.2, 0.25) is 0 Å². The van der Waals surface area contributed by atoms with Crippen molar-refractivity contribution in [2.75, 3.05) is 6.54 Å². The van der Waals surface area contributed by atoms with Crippen LogP contribution in [0.3, 0.4) is 0 Å². The molecule has 0 radical (unpaired) electrons. The molecule has 0 rings (SSSR count). The average molecular weight is 349 g/mol. The SMILES string of the molecule is CCCCCCCCCCNC(=O)[C@H](O)[C@@H](O)[C@H](O)[C@H](O)C(=O)O. The van der Waals surface area contributed by atoms with Gasteiger partial charge in [-0.3, -0.25) is 4.79 Å². The van der Waals surface area contributed by atoms with E-state index in [4.69, 9.17) is 10.2 Å². The summed E-state index contributed by atoms with van der Waals surface area (Å²) in [6.45, 7) is 2.48. The maximum atomic E-state index is 11.6. The summed E-state index contributed by atoms with van der Waals surface area (Å²) < 4.78 is 0. The molecule has 0 heterocycles. The lowest BCUT2D eigenvalue weighted by Crippen LogP contribution is -2.52. The second kappa shape index (κ2) is 13.1. The van der Waals surface area contributed by atoms with Gasteiger partial charge in [0.1, 0.15) is 12.2 Å². The third-order valence-electron chi connectivity index (χ3n) is 3.85. The van der Waals surface area contributed by atoms with Crippen LogP contribution in [0.15, 0.2) is 0 Å². The second-order valence-electron chi connectivity index (χ2n) is 5.97. The molecule has 0 fully saturated rings. The quantitative estimate of drug-likeness (QED) is 0.237. The van der Waals surface area contributed by atoms with E-state index in [9.17, 15) is 24.9 Å². The van der Waals surface area contributed by atoms with Crippen LogP contribution in [-0.2, 0) is 9.59 Å². The highest BCUT2D eigenvalue weighted by atomic mass is 16.4. The first kappa shape index (κ1) is 22.8. The van der Waals surface area contributed by atoms with Crippen LogP contribution in [0, 0.1) is 0 Å². The van der Waals surface area contributed by atoms with Gasteiger partial charge in [0.05, 0.1) is 0 Å². The molecule has 6 N–H and O–H groups in total. The highest BCUT2D eigenvalue weighted by molar-refractivity contribution is 5.81. The second-order valence-corrected chi connectivity index (χ2v) is 5.97. The van der Waals surface area contributed by atoms with Crippen LogP contribution in [0.4, 0.5) is 0 Å². The van der Waals surface area contributed by atoms with Gasteiger partial charge in [-0.1, -0.05) is 51.9 Å². The van der Waals surface area contributed by atoms with Crippen molar-refractivity contribution in [3.8, 4) is 0 Å². The highest BCUT2D eigenvalue weighted by Crippen LogP contribution is 2.08. The Morgan fingerprint density at radius 1 is 0.792 bits per heavy atom. The van der Waals surface area contributed by atoms with Gasteiger partial charge < -0.3 is 30.8 Å². The van der Waals surface area contributed by atoms with E-state index < -0.39 is 36.3 Å². The van der Waals surface area contributed by atoms with Gasteiger partial charge in [0.2, 0.25) is 0 Å². The molecule has 0 bridgehead atoms. The number of unbranched alkanes of at least 4 members (excludes halogenated alkanes) is 7. The Labute approximate surface area is 142 Å². The number of carbonyl (C=O) groups excluding carboxylic acids is 1. The molecule has 0 aromatic rings. The van der Waals surface area contributed by atoms with Crippen molar-refractivity contribution in [3.63, 3.8) is 0 Å². The van der Waals surface area contributed by atoms with E-state index in [0.717, 1.165) is 25.7 Å². The smallest absolute Gasteiger partial charge is 0.335 e. The predicted octanol–water partition coefficient (Wildman–Crippen LogP) is -0.228. The van der Waals surface area contributed by atoms with E-state index >= 15 is 0 Å². The highest BCUT2D eigenvalue weighted by Gasteiger charge is 2.37. The summed E-state index contributed by atoms with van der Waals surface area (Å²) in [4.78, 5) is 22.1. The zero-order valence-corrected chi connectivity index (χ0v) is 14.2. The summed E-state index contributed by atoms with van der Waals surface area (Å²) in [7, 11) is 0. The fraction of sp³-hybridized carbons (Fsp3) is 0.875. The molecule has 0 aromatic heterocycles. The lowest BCUT2D eigenvalue weighted by Gasteiger charge is -2.23. The van der Waals surface area contributed by atoms with Gasteiger partial charge in [0, 0.05) is 6.54 Å². The topological polar surface area (TPSA) is 147 Å². The lowest BCUT2D eigenvalue weighted by atomic mass is 10.0. The monoisotopic (exact) mass is 349 g/mol. The maximum Gasteiger partial charge on any atom is 0.335 e. The normalized spacial score (nSPS) is 16.2. The summed E-state index contributed by atoms with van der Waals surface area (Å²) >= 11 is 0.